The van der Waals surface area contributed by atoms with Crippen molar-refractivity contribution in [3.05, 3.63) is 54.1 Å². The van der Waals surface area contributed by atoms with E-state index in [1.54, 1.807) is 48.5 Å². The van der Waals surface area contributed by atoms with Crippen molar-refractivity contribution in [2.75, 3.05) is 7.11 Å². The van der Waals surface area contributed by atoms with E-state index in [1.807, 2.05) is 0 Å². The van der Waals surface area contributed by atoms with Gasteiger partial charge >= 0.3 is 11.9 Å². The lowest BCUT2D eigenvalue weighted by Gasteiger charge is -2.05. The molecule has 7 heteroatoms. The van der Waals surface area contributed by atoms with Crippen molar-refractivity contribution < 1.29 is 23.6 Å². The number of hydrogen-bond donors (Lipinski definition) is 0. The van der Waals surface area contributed by atoms with Crippen molar-refractivity contribution >= 4 is 11.9 Å². The van der Waals surface area contributed by atoms with Crippen molar-refractivity contribution in [1.82, 2.24) is 10.1 Å². The zero-order valence-corrected chi connectivity index (χ0v) is 13.6. The van der Waals surface area contributed by atoms with Crippen molar-refractivity contribution in [3.63, 3.8) is 0 Å². The molecule has 0 amide bonds. The van der Waals surface area contributed by atoms with Crippen LogP contribution >= 0.6 is 0 Å². The third-order valence-electron chi connectivity index (χ3n) is 3.37. The average molecular weight is 338 g/mol. The molecule has 0 atom stereocenters. The van der Waals surface area contributed by atoms with Crippen molar-refractivity contribution in [1.29, 1.82) is 0 Å². The van der Waals surface area contributed by atoms with Crippen LogP contribution < -0.4 is 4.74 Å². The summed E-state index contributed by atoms with van der Waals surface area (Å²) in [5, 5.41) is 3.93. The second kappa shape index (κ2) is 6.96. The van der Waals surface area contributed by atoms with Crippen LogP contribution in [0.2, 0.25) is 0 Å². The molecule has 0 unspecified atom stereocenters. The van der Waals surface area contributed by atoms with E-state index in [2.05, 4.69) is 10.1 Å². The number of rotatable bonds is 4. The van der Waals surface area contributed by atoms with Crippen molar-refractivity contribution in [2.24, 2.45) is 0 Å². The molecule has 0 spiro atoms. The van der Waals surface area contributed by atoms with Crippen LogP contribution in [0.4, 0.5) is 0 Å². The zero-order valence-electron chi connectivity index (χ0n) is 13.6. The maximum Gasteiger partial charge on any atom is 0.338 e. The van der Waals surface area contributed by atoms with E-state index >= 15 is 0 Å². The van der Waals surface area contributed by atoms with E-state index < -0.39 is 11.9 Å². The fourth-order valence-electron chi connectivity index (χ4n) is 2.30. The van der Waals surface area contributed by atoms with Gasteiger partial charge in [0.15, 0.2) is 0 Å². The minimum atomic E-state index is -0.504. The first kappa shape index (κ1) is 16.4. The summed E-state index contributed by atoms with van der Waals surface area (Å²) in [5.41, 5.74) is 1.27. The van der Waals surface area contributed by atoms with Gasteiger partial charge in [0.25, 0.3) is 5.89 Å². The molecule has 0 aliphatic rings. The molecule has 3 aromatic rings. The number of nitrogens with zero attached hydrogens (tertiary/aromatic N) is 2. The number of para-hydroxylation sites is 1. The number of benzene rings is 2. The molecule has 0 saturated heterocycles. The fourth-order valence-corrected chi connectivity index (χ4v) is 2.30. The number of carbonyl (C=O) groups is 2. The van der Waals surface area contributed by atoms with E-state index in [9.17, 15) is 9.59 Å². The van der Waals surface area contributed by atoms with Crippen LogP contribution in [0.5, 0.6) is 5.75 Å². The summed E-state index contributed by atoms with van der Waals surface area (Å²) < 4.78 is 15.2. The molecule has 0 aliphatic heterocycles. The average Bonchev–Trinajstić information content (AvgIpc) is 3.11. The Morgan fingerprint density at radius 1 is 1.00 bits per heavy atom. The van der Waals surface area contributed by atoms with Crippen LogP contribution in [0.15, 0.2) is 53.1 Å². The maximum absolute atomic E-state index is 11.9. The Labute approximate surface area is 143 Å². The first-order chi connectivity index (χ1) is 12.1. The first-order valence-corrected chi connectivity index (χ1v) is 7.39. The second-order valence-corrected chi connectivity index (χ2v) is 5.05. The lowest BCUT2D eigenvalue weighted by molar-refractivity contribution is -0.131. The molecule has 0 N–H and O–H groups in total. The zero-order chi connectivity index (χ0) is 17.8. The van der Waals surface area contributed by atoms with E-state index in [1.165, 1.54) is 14.0 Å². The van der Waals surface area contributed by atoms with Gasteiger partial charge in [-0.3, -0.25) is 4.79 Å². The van der Waals surface area contributed by atoms with Gasteiger partial charge in [-0.05, 0) is 24.3 Å². The highest BCUT2D eigenvalue weighted by Gasteiger charge is 2.20. The summed E-state index contributed by atoms with van der Waals surface area (Å²) >= 11 is 0. The lowest BCUT2D eigenvalue weighted by atomic mass is 10.1. The topological polar surface area (TPSA) is 91.5 Å². The number of esters is 2. The number of ether oxygens (including phenoxy) is 2. The van der Waals surface area contributed by atoms with Gasteiger partial charge in [0.2, 0.25) is 5.82 Å². The van der Waals surface area contributed by atoms with Gasteiger partial charge in [0.05, 0.1) is 23.8 Å². The Morgan fingerprint density at radius 3 is 2.40 bits per heavy atom. The summed E-state index contributed by atoms with van der Waals surface area (Å²) in [6.45, 7) is 1.31. The van der Waals surface area contributed by atoms with E-state index in [0.29, 0.717) is 22.4 Å². The quantitative estimate of drug-likeness (QED) is 0.533. The molecule has 25 heavy (non-hydrogen) atoms. The van der Waals surface area contributed by atoms with E-state index in [0.717, 1.165) is 0 Å². The molecule has 0 aliphatic carbocycles. The normalized spacial score (nSPS) is 10.3. The molecular formula is C18H14N2O5. The molecule has 7 nitrogen and oxygen atoms in total. The molecule has 0 radical (unpaired) electrons. The summed E-state index contributed by atoms with van der Waals surface area (Å²) in [6.07, 6.45) is 0. The molecular weight excluding hydrogens is 324 g/mol. The first-order valence-electron chi connectivity index (χ1n) is 7.39. The summed E-state index contributed by atoms with van der Waals surface area (Å²) in [4.78, 5) is 27.4. The fraction of sp³-hybridized carbons (Fsp3) is 0.111. The highest BCUT2D eigenvalue weighted by Crippen LogP contribution is 2.30. The summed E-state index contributed by atoms with van der Waals surface area (Å²) in [6, 6.07) is 13.6. The number of carbonyl (C=O) groups excluding carboxylic acids is 2. The highest BCUT2D eigenvalue weighted by molar-refractivity contribution is 5.96. The van der Waals surface area contributed by atoms with Crippen LogP contribution in [0.25, 0.3) is 22.8 Å². The summed E-state index contributed by atoms with van der Waals surface area (Å²) in [7, 11) is 1.30. The van der Waals surface area contributed by atoms with Crippen LogP contribution in [0, 0.1) is 0 Å². The molecule has 0 bridgehead atoms. The third kappa shape index (κ3) is 3.40. The van der Waals surface area contributed by atoms with Gasteiger partial charge in [-0.2, -0.15) is 4.98 Å². The molecule has 0 fully saturated rings. The van der Waals surface area contributed by atoms with Gasteiger partial charge in [-0.15, -0.1) is 0 Å². The molecule has 1 aromatic heterocycles. The van der Waals surface area contributed by atoms with Crippen LogP contribution in [-0.4, -0.2) is 29.2 Å². The Kier molecular flexibility index (Phi) is 4.56. The van der Waals surface area contributed by atoms with Gasteiger partial charge in [0, 0.05) is 6.92 Å². The minimum Gasteiger partial charge on any atom is -0.465 e. The summed E-state index contributed by atoms with van der Waals surface area (Å²) in [5.74, 6) is -0.230. The minimum absolute atomic E-state index is 0.161. The van der Waals surface area contributed by atoms with Gasteiger partial charge in [0.1, 0.15) is 5.75 Å². The van der Waals surface area contributed by atoms with Crippen LogP contribution in [0.3, 0.4) is 0 Å². The molecule has 1 heterocycles. The Bertz CT molecular complexity index is 932. The largest absolute Gasteiger partial charge is 0.465 e. The smallest absolute Gasteiger partial charge is 0.338 e. The Balaban J connectivity index is 2.03. The number of methoxy groups -OCH3 is 1. The molecule has 2 aromatic carbocycles. The van der Waals surface area contributed by atoms with E-state index in [-0.39, 0.29) is 11.7 Å². The Hall–Kier alpha value is -3.48. The van der Waals surface area contributed by atoms with Gasteiger partial charge in [-0.25, -0.2) is 4.79 Å². The second-order valence-electron chi connectivity index (χ2n) is 5.05. The molecule has 0 saturated carbocycles. The maximum atomic E-state index is 11.9. The lowest BCUT2D eigenvalue weighted by Crippen LogP contribution is -2.03. The van der Waals surface area contributed by atoms with Crippen LogP contribution in [-0.2, 0) is 9.53 Å². The predicted octanol–water partition coefficient (Wildman–Crippen LogP) is 3.12. The third-order valence-corrected chi connectivity index (χ3v) is 3.37. The van der Waals surface area contributed by atoms with E-state index in [4.69, 9.17) is 14.0 Å². The molecule has 126 valence electrons. The molecule has 3 rings (SSSR count). The van der Waals surface area contributed by atoms with Crippen molar-refractivity contribution in [2.45, 2.75) is 6.92 Å². The Morgan fingerprint density at radius 2 is 1.68 bits per heavy atom. The predicted molar refractivity (Wildman–Crippen MR) is 87.8 cm³/mol. The van der Waals surface area contributed by atoms with Gasteiger partial charge in [-0.1, -0.05) is 29.4 Å². The standard InChI is InChI=1S/C18H14N2O5/c1-11(21)24-15-10-6-5-9-14(15)16-19-17(25-20-16)12-7-3-4-8-13(12)18(22)23-2/h3-10H,1-2H3. The van der Waals surface area contributed by atoms with Crippen LogP contribution in [0.1, 0.15) is 17.3 Å². The monoisotopic (exact) mass is 338 g/mol. The van der Waals surface area contributed by atoms with Gasteiger partial charge < -0.3 is 14.0 Å². The number of aromatic nitrogens is 2. The highest BCUT2D eigenvalue weighted by atomic mass is 16.5. The van der Waals surface area contributed by atoms with Crippen molar-refractivity contribution in [3.8, 4) is 28.6 Å². The number of hydrogen-bond acceptors (Lipinski definition) is 7. The SMILES string of the molecule is COC(=O)c1ccccc1-c1nc(-c2ccccc2OC(C)=O)no1.